The number of hydrogen-bond donors (Lipinski definition) is 2. The van der Waals surface area contributed by atoms with Crippen molar-refractivity contribution < 1.29 is 29.2 Å². The van der Waals surface area contributed by atoms with Crippen LogP contribution in [0.1, 0.15) is 52.0 Å². The first-order valence-corrected chi connectivity index (χ1v) is 10.5. The zero-order valence-electron chi connectivity index (χ0n) is 17.5. The molecule has 1 aromatic carbocycles. The van der Waals surface area contributed by atoms with Gasteiger partial charge in [-0.25, -0.2) is 4.79 Å². The molecule has 2 aliphatic heterocycles. The van der Waals surface area contributed by atoms with Crippen molar-refractivity contribution in [1.29, 1.82) is 0 Å². The van der Waals surface area contributed by atoms with Gasteiger partial charge in [-0.1, -0.05) is 56.5 Å². The van der Waals surface area contributed by atoms with Crippen LogP contribution in [0.4, 0.5) is 4.79 Å². The highest BCUT2D eigenvalue weighted by molar-refractivity contribution is 5.68. The lowest BCUT2D eigenvalue weighted by atomic mass is 9.79. The first-order chi connectivity index (χ1) is 13.8. The Kier molecular flexibility index (Phi) is 6.83. The van der Waals surface area contributed by atoms with Crippen LogP contribution in [0.25, 0.3) is 0 Å². The van der Waals surface area contributed by atoms with Gasteiger partial charge in [0.1, 0.15) is 24.4 Å². The molecule has 2 N–H and O–H groups in total. The van der Waals surface area contributed by atoms with E-state index in [1.54, 1.807) is 13.8 Å². The van der Waals surface area contributed by atoms with E-state index in [4.69, 9.17) is 14.2 Å². The largest absolute Gasteiger partial charge is 0.445 e. The summed E-state index contributed by atoms with van der Waals surface area (Å²) in [5, 5.41) is 21.6. The van der Waals surface area contributed by atoms with E-state index in [-0.39, 0.29) is 13.2 Å². The number of fused-ring (bicyclic) bond motifs is 1. The highest BCUT2D eigenvalue weighted by atomic mass is 16.8. The second-order valence-corrected chi connectivity index (χ2v) is 8.45. The molecule has 4 atom stereocenters. The summed E-state index contributed by atoms with van der Waals surface area (Å²) in [5.74, 6) is -0.892. The van der Waals surface area contributed by atoms with Gasteiger partial charge in [0.25, 0.3) is 0 Å². The fraction of sp³-hybridized carbons (Fsp3) is 0.682. The minimum atomic E-state index is -1.61. The molecule has 0 radical (unpaired) electrons. The number of benzene rings is 1. The van der Waals surface area contributed by atoms with Gasteiger partial charge in [0, 0.05) is 0 Å². The second kappa shape index (κ2) is 9.00. The molecule has 0 unspecified atom stereocenters. The fourth-order valence-electron chi connectivity index (χ4n) is 4.37. The molecule has 0 aromatic heterocycles. The lowest BCUT2D eigenvalue weighted by Crippen LogP contribution is -2.70. The summed E-state index contributed by atoms with van der Waals surface area (Å²) in [6, 6.07) is 8.84. The van der Waals surface area contributed by atoms with E-state index < -0.39 is 42.3 Å². The quantitative estimate of drug-likeness (QED) is 0.676. The van der Waals surface area contributed by atoms with Crippen LogP contribution in [0.2, 0.25) is 0 Å². The van der Waals surface area contributed by atoms with E-state index >= 15 is 0 Å². The third-order valence-electron chi connectivity index (χ3n) is 5.78. The summed E-state index contributed by atoms with van der Waals surface area (Å²) in [7, 11) is 0. The highest BCUT2D eigenvalue weighted by Gasteiger charge is 2.61. The SMILES string of the molecule is CCCCC[C@H]1N(C(=O)OCc2ccccc2)C[C@H]2OC(C)(C)O[C@H]2[C@@]1(O)CO. The van der Waals surface area contributed by atoms with Crippen LogP contribution in [0.3, 0.4) is 0 Å². The molecule has 3 rings (SSSR count). The minimum absolute atomic E-state index is 0.145. The number of carbonyl (C=O) groups is 1. The maximum atomic E-state index is 13.0. The van der Waals surface area contributed by atoms with Crippen molar-refractivity contribution >= 4 is 6.09 Å². The molecule has 1 amide bonds. The van der Waals surface area contributed by atoms with Crippen molar-refractivity contribution in [3.05, 3.63) is 35.9 Å². The third-order valence-corrected chi connectivity index (χ3v) is 5.78. The normalized spacial score (nSPS) is 30.8. The summed E-state index contributed by atoms with van der Waals surface area (Å²) in [6.45, 7) is 5.51. The van der Waals surface area contributed by atoms with Crippen LogP contribution >= 0.6 is 0 Å². The number of rotatable bonds is 7. The predicted molar refractivity (Wildman–Crippen MR) is 107 cm³/mol. The molecule has 0 spiro atoms. The number of unbranched alkanes of at least 4 members (excludes halogenated alkanes) is 2. The summed E-state index contributed by atoms with van der Waals surface area (Å²) < 4.78 is 17.4. The van der Waals surface area contributed by atoms with Gasteiger partial charge in [0.15, 0.2) is 5.79 Å². The third kappa shape index (κ3) is 4.74. The molecule has 2 aliphatic rings. The average molecular weight is 408 g/mol. The Hall–Kier alpha value is -1.67. The molecular weight excluding hydrogens is 374 g/mol. The van der Waals surface area contributed by atoms with E-state index in [0.717, 1.165) is 24.8 Å². The lowest BCUT2D eigenvalue weighted by Gasteiger charge is -2.49. The molecule has 2 saturated heterocycles. The Labute approximate surface area is 172 Å². The van der Waals surface area contributed by atoms with Crippen molar-refractivity contribution in [2.75, 3.05) is 13.2 Å². The Morgan fingerprint density at radius 1 is 1.24 bits per heavy atom. The lowest BCUT2D eigenvalue weighted by molar-refractivity contribution is -0.198. The fourth-order valence-corrected chi connectivity index (χ4v) is 4.37. The summed E-state index contributed by atoms with van der Waals surface area (Å²) in [4.78, 5) is 14.5. The van der Waals surface area contributed by atoms with Crippen LogP contribution in [0, 0.1) is 0 Å². The molecule has 0 aliphatic carbocycles. The van der Waals surface area contributed by atoms with Gasteiger partial charge in [0.2, 0.25) is 0 Å². The maximum absolute atomic E-state index is 13.0. The second-order valence-electron chi connectivity index (χ2n) is 8.45. The Morgan fingerprint density at radius 2 is 1.97 bits per heavy atom. The van der Waals surface area contributed by atoms with Gasteiger partial charge < -0.3 is 24.4 Å². The number of aliphatic hydroxyl groups excluding tert-OH is 1. The molecule has 1 aromatic rings. The number of ether oxygens (including phenoxy) is 3. The van der Waals surface area contributed by atoms with Crippen LogP contribution < -0.4 is 0 Å². The zero-order chi connectivity index (χ0) is 21.1. The molecule has 0 saturated carbocycles. The van der Waals surface area contributed by atoms with E-state index in [2.05, 4.69) is 6.92 Å². The van der Waals surface area contributed by atoms with Crippen molar-refractivity contribution in [3.8, 4) is 0 Å². The topological polar surface area (TPSA) is 88.5 Å². The number of likely N-dealkylation sites (tertiary alicyclic amines) is 1. The predicted octanol–water partition coefficient (Wildman–Crippen LogP) is 2.83. The van der Waals surface area contributed by atoms with Crippen LogP contribution in [-0.4, -0.2) is 64.0 Å². The standard InChI is InChI=1S/C22H33NO6/c1-4-5-7-12-18-22(26,15-24)19-17(28-21(2,3)29-19)13-23(18)20(25)27-14-16-10-8-6-9-11-16/h6,8-11,17-19,24,26H,4-5,7,12-15H2,1-3H3/t17-,18-,19-,22-/m1/s1. The van der Waals surface area contributed by atoms with Crippen molar-refractivity contribution in [3.63, 3.8) is 0 Å². The molecular formula is C22H33NO6. The van der Waals surface area contributed by atoms with E-state index in [1.807, 2.05) is 30.3 Å². The Bertz CT molecular complexity index is 681. The van der Waals surface area contributed by atoms with E-state index in [0.29, 0.717) is 6.42 Å². The summed E-state index contributed by atoms with van der Waals surface area (Å²) >= 11 is 0. The average Bonchev–Trinajstić information content (AvgIpc) is 3.03. The van der Waals surface area contributed by atoms with Gasteiger partial charge >= 0.3 is 6.09 Å². The van der Waals surface area contributed by atoms with Gasteiger partial charge in [-0.15, -0.1) is 0 Å². The Morgan fingerprint density at radius 3 is 2.62 bits per heavy atom. The molecule has 29 heavy (non-hydrogen) atoms. The summed E-state index contributed by atoms with van der Waals surface area (Å²) in [5.41, 5.74) is -0.729. The highest BCUT2D eigenvalue weighted by Crippen LogP contribution is 2.42. The van der Waals surface area contributed by atoms with E-state index in [1.165, 1.54) is 4.90 Å². The number of piperidine rings is 1. The molecule has 2 fully saturated rings. The van der Waals surface area contributed by atoms with Gasteiger partial charge in [-0.2, -0.15) is 0 Å². The first-order valence-electron chi connectivity index (χ1n) is 10.5. The van der Waals surface area contributed by atoms with E-state index in [9.17, 15) is 15.0 Å². The van der Waals surface area contributed by atoms with Crippen molar-refractivity contribution in [2.24, 2.45) is 0 Å². The zero-order valence-corrected chi connectivity index (χ0v) is 17.5. The summed E-state index contributed by atoms with van der Waals surface area (Å²) in [6.07, 6.45) is 1.62. The number of nitrogens with zero attached hydrogens (tertiary/aromatic N) is 1. The number of aliphatic hydroxyl groups is 2. The van der Waals surface area contributed by atoms with Crippen LogP contribution in [-0.2, 0) is 20.8 Å². The van der Waals surface area contributed by atoms with Crippen LogP contribution in [0.15, 0.2) is 30.3 Å². The number of carbonyl (C=O) groups excluding carboxylic acids is 1. The molecule has 2 heterocycles. The number of hydrogen-bond acceptors (Lipinski definition) is 6. The number of amides is 1. The van der Waals surface area contributed by atoms with Gasteiger partial charge in [0.05, 0.1) is 19.2 Å². The minimum Gasteiger partial charge on any atom is -0.445 e. The van der Waals surface area contributed by atoms with Crippen LogP contribution in [0.5, 0.6) is 0 Å². The molecule has 7 heteroatoms. The first kappa shape index (κ1) is 22.0. The van der Waals surface area contributed by atoms with Gasteiger partial charge in [-0.3, -0.25) is 4.90 Å². The molecule has 162 valence electrons. The smallest absolute Gasteiger partial charge is 0.410 e. The van der Waals surface area contributed by atoms with Gasteiger partial charge in [-0.05, 0) is 25.8 Å². The molecule has 0 bridgehead atoms. The Balaban J connectivity index is 1.80. The van der Waals surface area contributed by atoms with Crippen molar-refractivity contribution in [1.82, 2.24) is 4.90 Å². The molecule has 7 nitrogen and oxygen atoms in total. The van der Waals surface area contributed by atoms with Crippen molar-refractivity contribution in [2.45, 2.75) is 82.7 Å². The maximum Gasteiger partial charge on any atom is 0.410 e. The monoisotopic (exact) mass is 407 g/mol.